The molecule has 0 bridgehead atoms. The summed E-state index contributed by atoms with van der Waals surface area (Å²) >= 11 is 0. The number of hydrogen-bond donors (Lipinski definition) is 1. The van der Waals surface area contributed by atoms with Gasteiger partial charge in [-0.3, -0.25) is 9.59 Å². The first kappa shape index (κ1) is 19.8. The molecule has 0 aliphatic carbocycles. The van der Waals surface area contributed by atoms with Crippen molar-refractivity contribution in [3.8, 4) is 0 Å². The molecule has 0 radical (unpaired) electrons. The van der Waals surface area contributed by atoms with Crippen molar-refractivity contribution in [3.05, 3.63) is 77.7 Å². The maximum Gasteiger partial charge on any atom is 0.230 e. The molecule has 2 heterocycles. The van der Waals surface area contributed by atoms with Crippen LogP contribution < -0.4 is 10.2 Å². The van der Waals surface area contributed by atoms with E-state index in [4.69, 9.17) is 0 Å². The number of carbonyl (C=O) groups is 2. The summed E-state index contributed by atoms with van der Waals surface area (Å²) in [7, 11) is 0. The fourth-order valence-corrected chi connectivity index (χ4v) is 3.63. The van der Waals surface area contributed by atoms with Crippen LogP contribution in [0.3, 0.4) is 0 Å². The maximum atomic E-state index is 14.0. The van der Waals surface area contributed by atoms with Crippen molar-refractivity contribution < 1.29 is 14.0 Å². The minimum atomic E-state index is -0.552. The number of aryl methyl sites for hydroxylation is 1. The number of amides is 2. The summed E-state index contributed by atoms with van der Waals surface area (Å²) in [5.74, 6) is -0.991. The van der Waals surface area contributed by atoms with Crippen molar-refractivity contribution in [2.75, 3.05) is 16.8 Å². The third-order valence-electron chi connectivity index (χ3n) is 5.37. The van der Waals surface area contributed by atoms with E-state index in [-0.39, 0.29) is 30.5 Å². The molecule has 1 unspecified atom stereocenters. The summed E-state index contributed by atoms with van der Waals surface area (Å²) in [5.41, 5.74) is 2.55. The van der Waals surface area contributed by atoms with Crippen LogP contribution in [0.25, 0.3) is 0 Å². The number of benzene rings is 2. The molecule has 3 aromatic rings. The molecule has 1 aromatic heterocycles. The van der Waals surface area contributed by atoms with Crippen LogP contribution in [-0.2, 0) is 22.6 Å². The number of para-hydroxylation sites is 1. The van der Waals surface area contributed by atoms with E-state index in [9.17, 15) is 14.0 Å². The molecule has 1 aliphatic heterocycles. The number of nitrogens with zero attached hydrogens (tertiary/aromatic N) is 3. The molecule has 30 heavy (non-hydrogen) atoms. The van der Waals surface area contributed by atoms with Crippen molar-refractivity contribution in [1.29, 1.82) is 0 Å². The number of carbonyl (C=O) groups excluding carboxylic acids is 2. The Morgan fingerprint density at radius 2 is 1.87 bits per heavy atom. The summed E-state index contributed by atoms with van der Waals surface area (Å²) in [5, 5.41) is 7.17. The maximum absolute atomic E-state index is 14.0. The smallest absolute Gasteiger partial charge is 0.230 e. The van der Waals surface area contributed by atoms with Crippen molar-refractivity contribution in [2.45, 2.75) is 26.3 Å². The first-order valence-electron chi connectivity index (χ1n) is 10.0. The molecular formula is C23H23FN4O2. The summed E-state index contributed by atoms with van der Waals surface area (Å²) < 4.78 is 15.8. The van der Waals surface area contributed by atoms with Gasteiger partial charge in [0.05, 0.1) is 24.3 Å². The number of hydrogen-bond acceptors (Lipinski definition) is 3. The molecular weight excluding hydrogens is 383 g/mol. The van der Waals surface area contributed by atoms with E-state index >= 15 is 0 Å². The average molecular weight is 406 g/mol. The van der Waals surface area contributed by atoms with Gasteiger partial charge in [0.25, 0.3) is 0 Å². The summed E-state index contributed by atoms with van der Waals surface area (Å²) in [4.78, 5) is 26.5. The normalized spacial score (nSPS) is 16.1. The van der Waals surface area contributed by atoms with E-state index in [1.807, 2.05) is 12.1 Å². The highest BCUT2D eigenvalue weighted by Gasteiger charge is 2.36. The summed E-state index contributed by atoms with van der Waals surface area (Å²) in [6.45, 7) is 2.78. The van der Waals surface area contributed by atoms with Gasteiger partial charge in [0, 0.05) is 19.0 Å². The van der Waals surface area contributed by atoms with Gasteiger partial charge >= 0.3 is 0 Å². The van der Waals surface area contributed by atoms with Gasteiger partial charge < -0.3 is 10.2 Å². The van der Waals surface area contributed by atoms with Crippen molar-refractivity contribution in [2.24, 2.45) is 5.92 Å². The SMILES string of the molecule is CCc1ccc(Cn2nccc2NC(=O)C2CC(=O)N(c3ccccc3F)C2)cc1. The molecule has 0 saturated carbocycles. The molecule has 1 N–H and O–H groups in total. The highest BCUT2D eigenvalue weighted by molar-refractivity contribution is 6.03. The number of anilines is 2. The molecule has 154 valence electrons. The lowest BCUT2D eigenvalue weighted by Crippen LogP contribution is -2.29. The zero-order chi connectivity index (χ0) is 21.1. The third-order valence-corrected chi connectivity index (χ3v) is 5.37. The fourth-order valence-electron chi connectivity index (χ4n) is 3.63. The average Bonchev–Trinajstić information content (AvgIpc) is 3.35. The Morgan fingerprint density at radius 1 is 1.13 bits per heavy atom. The van der Waals surface area contributed by atoms with Crippen molar-refractivity contribution >= 4 is 23.3 Å². The number of rotatable bonds is 6. The topological polar surface area (TPSA) is 67.2 Å². The van der Waals surface area contributed by atoms with Gasteiger partial charge in [0.2, 0.25) is 11.8 Å². The molecule has 7 heteroatoms. The minimum absolute atomic E-state index is 0.0484. The van der Waals surface area contributed by atoms with Crippen LogP contribution in [0, 0.1) is 11.7 Å². The standard InChI is InChI=1S/C23H23FN4O2/c1-2-16-7-9-17(10-8-16)14-28-21(11-12-25-28)26-23(30)18-13-22(29)27(15-18)20-6-4-3-5-19(20)24/h3-12,18H,2,13-15H2,1H3,(H,26,30). The summed E-state index contributed by atoms with van der Waals surface area (Å²) in [6, 6.07) is 16.1. The quantitative estimate of drug-likeness (QED) is 0.680. The lowest BCUT2D eigenvalue weighted by atomic mass is 10.1. The van der Waals surface area contributed by atoms with E-state index < -0.39 is 11.7 Å². The predicted molar refractivity (Wildman–Crippen MR) is 113 cm³/mol. The van der Waals surface area contributed by atoms with Gasteiger partial charge in [-0.2, -0.15) is 5.10 Å². The van der Waals surface area contributed by atoms with Gasteiger partial charge in [-0.05, 0) is 29.7 Å². The Hall–Kier alpha value is -3.48. The number of halogens is 1. The largest absolute Gasteiger partial charge is 0.311 e. The Morgan fingerprint density at radius 3 is 2.60 bits per heavy atom. The van der Waals surface area contributed by atoms with E-state index in [1.165, 1.54) is 16.5 Å². The van der Waals surface area contributed by atoms with Gasteiger partial charge in [0.15, 0.2) is 0 Å². The molecule has 1 atom stereocenters. The second-order valence-corrected chi connectivity index (χ2v) is 7.39. The minimum Gasteiger partial charge on any atom is -0.311 e. The highest BCUT2D eigenvalue weighted by atomic mass is 19.1. The van der Waals surface area contributed by atoms with Gasteiger partial charge in [-0.15, -0.1) is 0 Å². The molecule has 2 amide bonds. The zero-order valence-corrected chi connectivity index (χ0v) is 16.7. The zero-order valence-electron chi connectivity index (χ0n) is 16.7. The predicted octanol–water partition coefficient (Wildman–Crippen LogP) is 3.62. The molecule has 2 aromatic carbocycles. The molecule has 1 saturated heterocycles. The Labute approximate surface area is 174 Å². The summed E-state index contributed by atoms with van der Waals surface area (Å²) in [6.07, 6.45) is 2.65. The first-order chi connectivity index (χ1) is 14.5. The van der Waals surface area contributed by atoms with Crippen LogP contribution >= 0.6 is 0 Å². The van der Waals surface area contributed by atoms with E-state index in [0.29, 0.717) is 12.4 Å². The Balaban J connectivity index is 1.43. The Bertz CT molecular complexity index is 1060. The molecule has 0 spiro atoms. The fraction of sp³-hybridized carbons (Fsp3) is 0.261. The van der Waals surface area contributed by atoms with Gasteiger partial charge in [-0.1, -0.05) is 43.3 Å². The second kappa shape index (κ2) is 8.49. The van der Waals surface area contributed by atoms with Crippen LogP contribution in [0.1, 0.15) is 24.5 Å². The van der Waals surface area contributed by atoms with Crippen molar-refractivity contribution in [1.82, 2.24) is 9.78 Å². The first-order valence-corrected chi connectivity index (χ1v) is 10.0. The van der Waals surface area contributed by atoms with Crippen LogP contribution in [0.4, 0.5) is 15.9 Å². The van der Waals surface area contributed by atoms with Gasteiger partial charge in [-0.25, -0.2) is 9.07 Å². The van der Waals surface area contributed by atoms with Gasteiger partial charge in [0.1, 0.15) is 11.6 Å². The van der Waals surface area contributed by atoms with Crippen LogP contribution in [0.5, 0.6) is 0 Å². The number of nitrogens with one attached hydrogen (secondary N) is 1. The molecule has 1 fully saturated rings. The Kier molecular flexibility index (Phi) is 5.61. The van der Waals surface area contributed by atoms with E-state index in [0.717, 1.165) is 12.0 Å². The van der Waals surface area contributed by atoms with E-state index in [2.05, 4.69) is 29.5 Å². The second-order valence-electron chi connectivity index (χ2n) is 7.39. The van der Waals surface area contributed by atoms with Crippen LogP contribution in [0.15, 0.2) is 60.8 Å². The van der Waals surface area contributed by atoms with Crippen molar-refractivity contribution in [3.63, 3.8) is 0 Å². The van der Waals surface area contributed by atoms with E-state index in [1.54, 1.807) is 35.1 Å². The molecule has 1 aliphatic rings. The molecule has 4 rings (SSSR count). The lowest BCUT2D eigenvalue weighted by molar-refractivity contribution is -0.122. The van der Waals surface area contributed by atoms with Crippen LogP contribution in [0.2, 0.25) is 0 Å². The van der Waals surface area contributed by atoms with Crippen LogP contribution in [-0.4, -0.2) is 28.1 Å². The monoisotopic (exact) mass is 406 g/mol. The number of aromatic nitrogens is 2. The third kappa shape index (κ3) is 4.10. The molecule has 6 nitrogen and oxygen atoms in total. The highest BCUT2D eigenvalue weighted by Crippen LogP contribution is 2.28. The lowest BCUT2D eigenvalue weighted by Gasteiger charge is -2.17.